The highest BCUT2D eigenvalue weighted by atomic mass is 16.5. The van der Waals surface area contributed by atoms with Gasteiger partial charge in [0, 0.05) is 11.6 Å². The average Bonchev–Trinajstić information content (AvgIpc) is 2.99. The lowest BCUT2D eigenvalue weighted by molar-refractivity contribution is 0.415. The van der Waals surface area contributed by atoms with Crippen LogP contribution in [0.5, 0.6) is 5.75 Å². The monoisotopic (exact) mass is 297 g/mol. The van der Waals surface area contributed by atoms with Crippen molar-refractivity contribution in [3.05, 3.63) is 30.0 Å². The van der Waals surface area contributed by atoms with Crippen molar-refractivity contribution < 1.29 is 9.15 Å². The van der Waals surface area contributed by atoms with E-state index in [9.17, 15) is 5.26 Å². The Kier molecular flexibility index (Phi) is 4.29. The zero-order chi connectivity index (χ0) is 15.4. The second-order valence-electron chi connectivity index (χ2n) is 5.52. The molecule has 114 valence electrons. The lowest BCUT2D eigenvalue weighted by Gasteiger charge is -2.22. The number of anilines is 1. The maximum absolute atomic E-state index is 9.26. The fourth-order valence-corrected chi connectivity index (χ4v) is 2.78. The predicted molar refractivity (Wildman–Crippen MR) is 83.7 cm³/mol. The molecule has 0 amide bonds. The summed E-state index contributed by atoms with van der Waals surface area (Å²) >= 11 is 0. The van der Waals surface area contributed by atoms with Crippen molar-refractivity contribution in [3.8, 4) is 23.3 Å². The molecule has 1 fully saturated rings. The number of methoxy groups -OCH3 is 1. The lowest BCUT2D eigenvalue weighted by Crippen LogP contribution is -2.22. The molecule has 0 saturated heterocycles. The van der Waals surface area contributed by atoms with Crippen molar-refractivity contribution in [3.63, 3.8) is 0 Å². The Hall–Kier alpha value is -2.48. The smallest absolute Gasteiger partial charge is 0.232 e. The molecule has 1 aliphatic rings. The number of aromatic nitrogens is 1. The highest BCUT2D eigenvalue weighted by molar-refractivity contribution is 5.59. The first-order valence-corrected chi connectivity index (χ1v) is 7.62. The topological polar surface area (TPSA) is 71.1 Å². The minimum absolute atomic E-state index is 0.316. The first-order valence-electron chi connectivity index (χ1n) is 7.62. The standard InChI is InChI=1S/C17H19N3O2/c1-21-14-9-7-12(8-10-14)16-20-15(11-18)17(22-16)19-13-5-3-2-4-6-13/h7-10,13,19H,2-6H2,1H3. The van der Waals surface area contributed by atoms with E-state index in [0.717, 1.165) is 24.2 Å². The highest BCUT2D eigenvalue weighted by Crippen LogP contribution is 2.29. The molecule has 5 heteroatoms. The van der Waals surface area contributed by atoms with E-state index in [-0.39, 0.29) is 0 Å². The third kappa shape index (κ3) is 3.06. The molecule has 0 unspecified atom stereocenters. The molecule has 1 aliphatic carbocycles. The van der Waals surface area contributed by atoms with E-state index in [1.54, 1.807) is 7.11 Å². The number of hydrogen-bond acceptors (Lipinski definition) is 5. The third-order valence-electron chi connectivity index (χ3n) is 4.01. The van der Waals surface area contributed by atoms with Gasteiger partial charge in [-0.25, -0.2) is 0 Å². The first-order chi connectivity index (χ1) is 10.8. The molecule has 0 radical (unpaired) electrons. The molecule has 1 aromatic carbocycles. The largest absolute Gasteiger partial charge is 0.497 e. The van der Waals surface area contributed by atoms with Gasteiger partial charge in [-0.3, -0.25) is 0 Å². The van der Waals surface area contributed by atoms with Gasteiger partial charge in [0.05, 0.1) is 7.11 Å². The third-order valence-corrected chi connectivity index (χ3v) is 4.01. The number of benzene rings is 1. The van der Waals surface area contributed by atoms with Crippen molar-refractivity contribution in [2.24, 2.45) is 0 Å². The maximum atomic E-state index is 9.26. The summed E-state index contributed by atoms with van der Waals surface area (Å²) in [6.45, 7) is 0. The zero-order valence-corrected chi connectivity index (χ0v) is 12.6. The van der Waals surface area contributed by atoms with Crippen LogP contribution in [0.2, 0.25) is 0 Å². The predicted octanol–water partition coefficient (Wildman–Crippen LogP) is 3.97. The van der Waals surface area contributed by atoms with Gasteiger partial charge in [-0.05, 0) is 37.1 Å². The van der Waals surface area contributed by atoms with E-state index in [1.165, 1.54) is 19.3 Å². The maximum Gasteiger partial charge on any atom is 0.232 e. The van der Waals surface area contributed by atoms with Crippen molar-refractivity contribution in [2.75, 3.05) is 12.4 Å². The van der Waals surface area contributed by atoms with Crippen molar-refractivity contribution >= 4 is 5.88 Å². The molecule has 3 rings (SSSR count). The lowest BCUT2D eigenvalue weighted by atomic mass is 9.95. The first kappa shape index (κ1) is 14.5. The van der Waals surface area contributed by atoms with E-state index in [0.29, 0.717) is 23.5 Å². The minimum atomic E-state index is 0.316. The summed E-state index contributed by atoms with van der Waals surface area (Å²) in [5.74, 6) is 1.72. The Morgan fingerprint density at radius 2 is 1.95 bits per heavy atom. The summed E-state index contributed by atoms with van der Waals surface area (Å²) in [4.78, 5) is 4.29. The van der Waals surface area contributed by atoms with Gasteiger partial charge in [0.1, 0.15) is 11.8 Å². The van der Waals surface area contributed by atoms with Crippen LogP contribution in [0.1, 0.15) is 37.8 Å². The van der Waals surface area contributed by atoms with Gasteiger partial charge < -0.3 is 14.5 Å². The molecule has 0 bridgehead atoms. The number of nitriles is 1. The van der Waals surface area contributed by atoms with Crippen LogP contribution in [0.3, 0.4) is 0 Å². The number of nitrogens with zero attached hydrogens (tertiary/aromatic N) is 2. The summed E-state index contributed by atoms with van der Waals surface area (Å²) in [6, 6.07) is 9.92. The van der Waals surface area contributed by atoms with Gasteiger partial charge in [0.2, 0.25) is 17.5 Å². The van der Waals surface area contributed by atoms with Gasteiger partial charge in [-0.15, -0.1) is 0 Å². The van der Waals surface area contributed by atoms with E-state index >= 15 is 0 Å². The number of hydrogen-bond donors (Lipinski definition) is 1. The molecule has 0 atom stereocenters. The fraction of sp³-hybridized carbons (Fsp3) is 0.412. The van der Waals surface area contributed by atoms with Crippen LogP contribution in [0.15, 0.2) is 28.7 Å². The van der Waals surface area contributed by atoms with Crippen LogP contribution in [0.25, 0.3) is 11.5 Å². The van der Waals surface area contributed by atoms with E-state index in [1.807, 2.05) is 24.3 Å². The van der Waals surface area contributed by atoms with Crippen LogP contribution in [-0.2, 0) is 0 Å². The fourth-order valence-electron chi connectivity index (χ4n) is 2.78. The molecule has 1 saturated carbocycles. The number of oxazole rings is 1. The van der Waals surface area contributed by atoms with Gasteiger partial charge in [-0.1, -0.05) is 19.3 Å². The van der Waals surface area contributed by atoms with Crippen molar-refractivity contribution in [1.82, 2.24) is 4.98 Å². The Balaban J connectivity index is 1.82. The molecule has 1 aromatic heterocycles. The molecule has 22 heavy (non-hydrogen) atoms. The Morgan fingerprint density at radius 3 is 2.59 bits per heavy atom. The number of nitrogens with one attached hydrogen (secondary N) is 1. The number of rotatable bonds is 4. The second kappa shape index (κ2) is 6.52. The summed E-state index contributed by atoms with van der Waals surface area (Å²) in [5, 5.41) is 12.6. The summed E-state index contributed by atoms with van der Waals surface area (Å²) in [5.41, 5.74) is 1.14. The molecule has 1 N–H and O–H groups in total. The van der Waals surface area contributed by atoms with E-state index in [4.69, 9.17) is 9.15 Å². The SMILES string of the molecule is COc1ccc(-c2nc(C#N)c(NC3CCCCC3)o2)cc1. The molecule has 5 nitrogen and oxygen atoms in total. The quantitative estimate of drug-likeness (QED) is 0.924. The van der Waals surface area contributed by atoms with Gasteiger partial charge >= 0.3 is 0 Å². The summed E-state index contributed by atoms with van der Waals surface area (Å²) in [7, 11) is 1.63. The number of ether oxygens (including phenoxy) is 1. The molecular weight excluding hydrogens is 278 g/mol. The van der Waals surface area contributed by atoms with Crippen molar-refractivity contribution in [1.29, 1.82) is 5.26 Å². The molecular formula is C17H19N3O2. The molecule has 0 aliphatic heterocycles. The summed E-state index contributed by atoms with van der Waals surface area (Å²) < 4.78 is 10.9. The average molecular weight is 297 g/mol. The van der Waals surface area contributed by atoms with Crippen LogP contribution >= 0.6 is 0 Å². The summed E-state index contributed by atoms with van der Waals surface area (Å²) in [6.07, 6.45) is 5.96. The Labute approximate surface area is 129 Å². The molecule has 2 aromatic rings. The Bertz CT molecular complexity index is 664. The van der Waals surface area contributed by atoms with E-state index < -0.39 is 0 Å². The van der Waals surface area contributed by atoms with Crippen LogP contribution in [0, 0.1) is 11.3 Å². The van der Waals surface area contributed by atoms with Crippen molar-refractivity contribution in [2.45, 2.75) is 38.1 Å². The zero-order valence-electron chi connectivity index (χ0n) is 12.6. The van der Waals surface area contributed by atoms with Crippen LogP contribution in [0.4, 0.5) is 5.88 Å². The minimum Gasteiger partial charge on any atom is -0.497 e. The van der Waals surface area contributed by atoms with Crippen LogP contribution < -0.4 is 10.1 Å². The van der Waals surface area contributed by atoms with Gasteiger partial charge in [0.25, 0.3) is 0 Å². The highest BCUT2D eigenvalue weighted by Gasteiger charge is 2.19. The van der Waals surface area contributed by atoms with Gasteiger partial charge in [0.15, 0.2) is 0 Å². The molecule has 1 heterocycles. The van der Waals surface area contributed by atoms with Crippen LogP contribution in [-0.4, -0.2) is 18.1 Å². The molecule has 0 spiro atoms. The normalized spacial score (nSPS) is 15.3. The Morgan fingerprint density at radius 1 is 1.23 bits per heavy atom. The second-order valence-corrected chi connectivity index (χ2v) is 5.52. The van der Waals surface area contributed by atoms with E-state index in [2.05, 4.69) is 16.4 Å². The van der Waals surface area contributed by atoms with Gasteiger partial charge in [-0.2, -0.15) is 10.2 Å².